The predicted molar refractivity (Wildman–Crippen MR) is 103 cm³/mol. The van der Waals surface area contributed by atoms with Gasteiger partial charge in [0.2, 0.25) is 5.88 Å². The summed E-state index contributed by atoms with van der Waals surface area (Å²) in [6.07, 6.45) is 4.89. The van der Waals surface area contributed by atoms with E-state index in [0.717, 1.165) is 48.0 Å². The second-order valence-corrected chi connectivity index (χ2v) is 6.79. The second kappa shape index (κ2) is 7.17. The van der Waals surface area contributed by atoms with Crippen LogP contribution in [0.4, 0.5) is 0 Å². The molecule has 4 rings (SSSR count). The zero-order valence-electron chi connectivity index (χ0n) is 15.7. The highest BCUT2D eigenvalue weighted by Crippen LogP contribution is 2.36. The summed E-state index contributed by atoms with van der Waals surface area (Å²) < 4.78 is 14.6. The maximum absolute atomic E-state index is 10.5. The van der Waals surface area contributed by atoms with Gasteiger partial charge in [0.25, 0.3) is 0 Å². The highest BCUT2D eigenvalue weighted by molar-refractivity contribution is 5.91. The second-order valence-electron chi connectivity index (χ2n) is 6.79. The van der Waals surface area contributed by atoms with Crippen LogP contribution in [-0.2, 0) is 23.1 Å². The normalized spacial score (nSPS) is 17.5. The summed E-state index contributed by atoms with van der Waals surface area (Å²) in [7, 11) is 3.33. The molecule has 1 saturated heterocycles. The minimum Gasteiger partial charge on any atom is -0.493 e. The first-order valence-electron chi connectivity index (χ1n) is 9.14. The Labute approximate surface area is 157 Å². The van der Waals surface area contributed by atoms with E-state index in [1.54, 1.807) is 20.2 Å². The van der Waals surface area contributed by atoms with Gasteiger partial charge < -0.3 is 14.6 Å². The molecule has 7 heteroatoms. The van der Waals surface area contributed by atoms with Crippen LogP contribution >= 0.6 is 0 Å². The number of hydrogen-bond donors (Lipinski definition) is 1. The van der Waals surface area contributed by atoms with E-state index >= 15 is 0 Å². The molecular formula is C20H24N4O3. The molecule has 0 saturated carbocycles. The van der Waals surface area contributed by atoms with Crippen LogP contribution in [0.1, 0.15) is 36.9 Å². The Bertz CT molecular complexity index is 983. The molecular weight excluding hydrogens is 344 g/mol. The monoisotopic (exact) mass is 368 g/mol. The van der Waals surface area contributed by atoms with E-state index in [1.165, 1.54) is 4.68 Å². The van der Waals surface area contributed by atoms with Crippen LogP contribution in [0, 0.1) is 0 Å². The number of aromatic hydroxyl groups is 1. The number of rotatable bonds is 5. The third kappa shape index (κ3) is 3.02. The van der Waals surface area contributed by atoms with Crippen molar-refractivity contribution in [1.29, 1.82) is 0 Å². The molecule has 3 aromatic rings. The Morgan fingerprint density at radius 3 is 2.93 bits per heavy atom. The highest BCUT2D eigenvalue weighted by atomic mass is 16.5. The number of fused-ring (bicyclic) bond motifs is 1. The van der Waals surface area contributed by atoms with Crippen LogP contribution in [0.15, 0.2) is 24.8 Å². The standard InChI is InChI=1S/C20H24N4O3/c1-4-15-14-11-13(19-16(12-26-3)21-23(2)20(19)25)8-9-17(14)24(22-15)18-7-5-6-10-27-18/h4,8-9,11,18,25H,1,5-7,10,12H2,2-3H3. The lowest BCUT2D eigenvalue weighted by molar-refractivity contribution is -0.0367. The first-order valence-corrected chi connectivity index (χ1v) is 9.14. The quantitative estimate of drug-likeness (QED) is 0.744. The lowest BCUT2D eigenvalue weighted by Crippen LogP contribution is -2.19. The Morgan fingerprint density at radius 2 is 2.22 bits per heavy atom. The lowest BCUT2D eigenvalue weighted by Gasteiger charge is -2.23. The van der Waals surface area contributed by atoms with Gasteiger partial charge in [-0.05, 0) is 43.0 Å². The van der Waals surface area contributed by atoms with Gasteiger partial charge >= 0.3 is 0 Å². The summed E-state index contributed by atoms with van der Waals surface area (Å²) in [4.78, 5) is 0. The largest absolute Gasteiger partial charge is 0.493 e. The van der Waals surface area contributed by atoms with Crippen LogP contribution in [0.2, 0.25) is 0 Å². The van der Waals surface area contributed by atoms with Gasteiger partial charge in [-0.1, -0.05) is 12.6 Å². The number of benzene rings is 1. The summed E-state index contributed by atoms with van der Waals surface area (Å²) in [5.74, 6) is 0.115. The molecule has 1 fully saturated rings. The molecule has 0 aliphatic carbocycles. The first-order chi connectivity index (χ1) is 13.1. The van der Waals surface area contributed by atoms with Gasteiger partial charge in [-0.25, -0.2) is 9.36 Å². The van der Waals surface area contributed by atoms with E-state index in [9.17, 15) is 5.11 Å². The van der Waals surface area contributed by atoms with Gasteiger partial charge in [0.05, 0.1) is 29.1 Å². The van der Waals surface area contributed by atoms with Gasteiger partial charge in [0, 0.05) is 26.2 Å². The number of aromatic nitrogens is 4. The van der Waals surface area contributed by atoms with Crippen molar-refractivity contribution in [3.8, 4) is 17.0 Å². The average molecular weight is 368 g/mol. The smallest absolute Gasteiger partial charge is 0.217 e. The number of aryl methyl sites for hydroxylation is 1. The zero-order valence-corrected chi connectivity index (χ0v) is 15.7. The molecule has 142 valence electrons. The number of ether oxygens (including phenoxy) is 2. The van der Waals surface area contributed by atoms with Crippen molar-refractivity contribution < 1.29 is 14.6 Å². The molecule has 7 nitrogen and oxygen atoms in total. The molecule has 1 N–H and O–H groups in total. The van der Waals surface area contributed by atoms with Crippen molar-refractivity contribution in [2.45, 2.75) is 32.1 Å². The molecule has 1 unspecified atom stereocenters. The Kier molecular flexibility index (Phi) is 4.72. The molecule has 1 aliphatic rings. The number of nitrogens with zero attached hydrogens (tertiary/aromatic N) is 4. The lowest BCUT2D eigenvalue weighted by atomic mass is 10.0. The van der Waals surface area contributed by atoms with Gasteiger partial charge in [0.1, 0.15) is 0 Å². The number of hydrogen-bond acceptors (Lipinski definition) is 5. The molecule has 1 aliphatic heterocycles. The molecule has 0 radical (unpaired) electrons. The maximum atomic E-state index is 10.5. The fourth-order valence-electron chi connectivity index (χ4n) is 3.71. The number of methoxy groups -OCH3 is 1. The Balaban J connectivity index is 1.85. The molecule has 0 spiro atoms. The van der Waals surface area contributed by atoms with Crippen molar-refractivity contribution in [3.63, 3.8) is 0 Å². The van der Waals surface area contributed by atoms with Crippen LogP contribution in [0.3, 0.4) is 0 Å². The van der Waals surface area contributed by atoms with Gasteiger partial charge in [-0.15, -0.1) is 0 Å². The summed E-state index contributed by atoms with van der Waals surface area (Å²) in [5, 5.41) is 20.5. The van der Waals surface area contributed by atoms with Gasteiger partial charge in [-0.2, -0.15) is 10.2 Å². The minimum absolute atomic E-state index is 0.0448. The molecule has 1 atom stereocenters. The van der Waals surface area contributed by atoms with Crippen molar-refractivity contribution in [1.82, 2.24) is 19.6 Å². The third-order valence-corrected chi connectivity index (χ3v) is 5.02. The fourth-order valence-corrected chi connectivity index (χ4v) is 3.71. The van der Waals surface area contributed by atoms with E-state index in [1.807, 2.05) is 22.9 Å². The van der Waals surface area contributed by atoms with Gasteiger partial charge in [0.15, 0.2) is 6.23 Å². The summed E-state index contributed by atoms with van der Waals surface area (Å²) in [5.41, 5.74) is 4.04. The van der Waals surface area contributed by atoms with E-state index in [0.29, 0.717) is 17.9 Å². The van der Waals surface area contributed by atoms with Crippen molar-refractivity contribution in [3.05, 3.63) is 36.2 Å². The van der Waals surface area contributed by atoms with Crippen LogP contribution in [0.5, 0.6) is 5.88 Å². The van der Waals surface area contributed by atoms with E-state index < -0.39 is 0 Å². The molecule has 1 aromatic carbocycles. The van der Waals surface area contributed by atoms with Crippen LogP contribution < -0.4 is 0 Å². The third-order valence-electron chi connectivity index (χ3n) is 5.02. The van der Waals surface area contributed by atoms with E-state index in [4.69, 9.17) is 14.6 Å². The van der Waals surface area contributed by atoms with Crippen molar-refractivity contribution in [2.75, 3.05) is 13.7 Å². The molecule has 0 bridgehead atoms. The molecule has 27 heavy (non-hydrogen) atoms. The van der Waals surface area contributed by atoms with E-state index in [2.05, 4.69) is 11.7 Å². The predicted octanol–water partition coefficient (Wildman–Crippen LogP) is 3.63. The summed E-state index contributed by atoms with van der Waals surface area (Å²) >= 11 is 0. The first kappa shape index (κ1) is 17.8. The topological polar surface area (TPSA) is 74.3 Å². The Hall–Kier alpha value is -2.64. The maximum Gasteiger partial charge on any atom is 0.217 e. The SMILES string of the molecule is C=Cc1nn(C2CCCCO2)c2ccc(-c3c(COC)nn(C)c3O)cc12. The molecule has 0 amide bonds. The average Bonchev–Trinajstić information content (AvgIpc) is 3.19. The van der Waals surface area contributed by atoms with Crippen LogP contribution in [-0.4, -0.2) is 38.4 Å². The molecule has 3 heterocycles. The molecule has 2 aromatic heterocycles. The minimum atomic E-state index is -0.0448. The summed E-state index contributed by atoms with van der Waals surface area (Å²) in [6.45, 7) is 4.99. The van der Waals surface area contributed by atoms with Crippen molar-refractivity contribution in [2.24, 2.45) is 7.05 Å². The fraction of sp³-hybridized carbons (Fsp3) is 0.400. The van der Waals surface area contributed by atoms with Gasteiger partial charge in [-0.3, -0.25) is 0 Å². The van der Waals surface area contributed by atoms with Crippen molar-refractivity contribution >= 4 is 17.0 Å². The van der Waals surface area contributed by atoms with Crippen LogP contribution in [0.25, 0.3) is 28.1 Å². The van der Waals surface area contributed by atoms with E-state index in [-0.39, 0.29) is 12.1 Å². The summed E-state index contributed by atoms with van der Waals surface area (Å²) in [6, 6.07) is 6.02. The highest BCUT2D eigenvalue weighted by Gasteiger charge is 2.22. The Morgan fingerprint density at radius 1 is 1.37 bits per heavy atom. The zero-order chi connectivity index (χ0) is 19.0.